The lowest BCUT2D eigenvalue weighted by molar-refractivity contribution is -0.0306. The zero-order valence-corrected chi connectivity index (χ0v) is 13.0. The van der Waals surface area contributed by atoms with Crippen molar-refractivity contribution in [3.05, 3.63) is 0 Å². The van der Waals surface area contributed by atoms with Gasteiger partial charge in [0.2, 0.25) is 0 Å². The van der Waals surface area contributed by atoms with E-state index in [9.17, 15) is 0 Å². The van der Waals surface area contributed by atoms with Gasteiger partial charge in [0, 0.05) is 18.6 Å². The SMILES string of the molecule is CC1CCCC(CN)(N(C)CCOC(C)(C)C)C1. The molecule has 3 nitrogen and oxygen atoms in total. The van der Waals surface area contributed by atoms with Crippen molar-refractivity contribution in [3.8, 4) is 0 Å². The van der Waals surface area contributed by atoms with E-state index in [4.69, 9.17) is 10.5 Å². The van der Waals surface area contributed by atoms with Gasteiger partial charge < -0.3 is 10.5 Å². The number of ether oxygens (including phenoxy) is 1. The van der Waals surface area contributed by atoms with Crippen LogP contribution in [0, 0.1) is 5.92 Å². The molecule has 108 valence electrons. The zero-order chi connectivity index (χ0) is 13.8. The standard InChI is InChI=1S/C15H32N2O/c1-13-7-6-8-15(11-13,12-16)17(5)9-10-18-14(2,3)4/h13H,6-12,16H2,1-5H3. The monoisotopic (exact) mass is 256 g/mol. The molecule has 18 heavy (non-hydrogen) atoms. The molecule has 0 heterocycles. The van der Waals surface area contributed by atoms with Crippen LogP contribution in [-0.4, -0.2) is 42.8 Å². The Hall–Kier alpha value is -0.120. The van der Waals surface area contributed by atoms with Crippen molar-refractivity contribution in [1.29, 1.82) is 0 Å². The minimum Gasteiger partial charge on any atom is -0.375 e. The quantitative estimate of drug-likeness (QED) is 0.822. The lowest BCUT2D eigenvalue weighted by atomic mass is 9.75. The lowest BCUT2D eigenvalue weighted by Gasteiger charge is -2.46. The molecule has 2 unspecified atom stereocenters. The molecule has 0 bridgehead atoms. The van der Waals surface area contributed by atoms with Crippen LogP contribution in [0.25, 0.3) is 0 Å². The summed E-state index contributed by atoms with van der Waals surface area (Å²) in [6, 6.07) is 0. The average molecular weight is 256 g/mol. The number of nitrogens with zero attached hydrogens (tertiary/aromatic N) is 1. The van der Waals surface area contributed by atoms with Gasteiger partial charge in [0.25, 0.3) is 0 Å². The van der Waals surface area contributed by atoms with Gasteiger partial charge in [-0.25, -0.2) is 0 Å². The van der Waals surface area contributed by atoms with Crippen LogP contribution in [0.15, 0.2) is 0 Å². The summed E-state index contributed by atoms with van der Waals surface area (Å²) in [5, 5.41) is 0. The van der Waals surface area contributed by atoms with Crippen molar-refractivity contribution in [2.75, 3.05) is 26.7 Å². The molecule has 0 aromatic heterocycles. The Morgan fingerprint density at radius 3 is 2.56 bits per heavy atom. The molecule has 1 rings (SSSR count). The maximum Gasteiger partial charge on any atom is 0.0600 e. The zero-order valence-electron chi connectivity index (χ0n) is 13.0. The maximum atomic E-state index is 6.08. The van der Waals surface area contributed by atoms with Crippen LogP contribution in [0.4, 0.5) is 0 Å². The first kappa shape index (κ1) is 15.9. The van der Waals surface area contributed by atoms with Gasteiger partial charge in [0.05, 0.1) is 12.2 Å². The topological polar surface area (TPSA) is 38.5 Å². The summed E-state index contributed by atoms with van der Waals surface area (Å²) in [4.78, 5) is 2.44. The highest BCUT2D eigenvalue weighted by Crippen LogP contribution is 2.35. The summed E-state index contributed by atoms with van der Waals surface area (Å²) >= 11 is 0. The second-order valence-electron chi connectivity index (χ2n) is 7.01. The number of nitrogens with two attached hydrogens (primary N) is 1. The summed E-state index contributed by atoms with van der Waals surface area (Å²) in [5.74, 6) is 0.799. The van der Waals surface area contributed by atoms with Crippen LogP contribution in [0.1, 0.15) is 53.4 Å². The predicted octanol–water partition coefficient (Wildman–Crippen LogP) is 2.64. The molecule has 1 aliphatic carbocycles. The van der Waals surface area contributed by atoms with Gasteiger partial charge in [-0.15, -0.1) is 0 Å². The van der Waals surface area contributed by atoms with Crippen molar-refractivity contribution in [3.63, 3.8) is 0 Å². The second kappa shape index (κ2) is 6.36. The van der Waals surface area contributed by atoms with Crippen LogP contribution >= 0.6 is 0 Å². The van der Waals surface area contributed by atoms with Crippen LogP contribution in [0.3, 0.4) is 0 Å². The lowest BCUT2D eigenvalue weighted by Crippen LogP contribution is -2.55. The summed E-state index contributed by atoms with van der Waals surface area (Å²) in [6.07, 6.45) is 5.13. The van der Waals surface area contributed by atoms with Crippen LogP contribution in [0.5, 0.6) is 0 Å². The van der Waals surface area contributed by atoms with E-state index in [0.29, 0.717) is 0 Å². The summed E-state index contributed by atoms with van der Waals surface area (Å²) in [5.41, 5.74) is 6.24. The number of hydrogen-bond donors (Lipinski definition) is 1. The smallest absolute Gasteiger partial charge is 0.0600 e. The van der Waals surface area contributed by atoms with Gasteiger partial charge in [0.1, 0.15) is 0 Å². The largest absolute Gasteiger partial charge is 0.375 e. The van der Waals surface area contributed by atoms with Gasteiger partial charge >= 0.3 is 0 Å². The highest BCUT2D eigenvalue weighted by molar-refractivity contribution is 4.94. The Bertz CT molecular complexity index is 249. The maximum absolute atomic E-state index is 6.08. The van der Waals surface area contributed by atoms with E-state index in [1.165, 1.54) is 25.7 Å². The fraction of sp³-hybridized carbons (Fsp3) is 1.00. The molecule has 1 fully saturated rings. The van der Waals surface area contributed by atoms with Gasteiger partial charge in [0.15, 0.2) is 0 Å². The van der Waals surface area contributed by atoms with Crippen molar-refractivity contribution in [2.45, 2.75) is 64.5 Å². The molecule has 1 aliphatic rings. The Labute approximate surface area is 113 Å². The third kappa shape index (κ3) is 4.52. The van der Waals surface area contributed by atoms with E-state index in [0.717, 1.165) is 25.6 Å². The molecule has 0 saturated heterocycles. The van der Waals surface area contributed by atoms with Crippen molar-refractivity contribution < 1.29 is 4.74 Å². The molecule has 0 spiro atoms. The third-order valence-electron chi connectivity index (χ3n) is 4.22. The molecule has 3 heteroatoms. The molecule has 0 radical (unpaired) electrons. The Morgan fingerprint density at radius 2 is 2.06 bits per heavy atom. The fourth-order valence-corrected chi connectivity index (χ4v) is 3.05. The van der Waals surface area contributed by atoms with E-state index in [-0.39, 0.29) is 11.1 Å². The number of rotatable bonds is 5. The number of hydrogen-bond acceptors (Lipinski definition) is 3. The molecule has 1 saturated carbocycles. The Morgan fingerprint density at radius 1 is 1.39 bits per heavy atom. The molecular weight excluding hydrogens is 224 g/mol. The first-order valence-electron chi connectivity index (χ1n) is 7.34. The van der Waals surface area contributed by atoms with E-state index < -0.39 is 0 Å². The predicted molar refractivity (Wildman–Crippen MR) is 77.8 cm³/mol. The van der Waals surface area contributed by atoms with Crippen molar-refractivity contribution in [1.82, 2.24) is 4.90 Å². The minimum absolute atomic E-state index is 0.0451. The fourth-order valence-electron chi connectivity index (χ4n) is 3.05. The van der Waals surface area contributed by atoms with E-state index in [1.54, 1.807) is 0 Å². The van der Waals surface area contributed by atoms with Crippen molar-refractivity contribution >= 4 is 0 Å². The summed E-state index contributed by atoms with van der Waals surface area (Å²) in [7, 11) is 2.21. The molecule has 2 atom stereocenters. The van der Waals surface area contributed by atoms with E-state index >= 15 is 0 Å². The molecule has 0 aliphatic heterocycles. The second-order valence-corrected chi connectivity index (χ2v) is 7.01. The highest BCUT2D eigenvalue weighted by Gasteiger charge is 2.37. The third-order valence-corrected chi connectivity index (χ3v) is 4.22. The van der Waals surface area contributed by atoms with Gasteiger partial charge in [-0.3, -0.25) is 4.90 Å². The number of likely N-dealkylation sites (N-methyl/N-ethyl adjacent to an activating group) is 1. The molecule has 0 amide bonds. The average Bonchev–Trinajstić information content (AvgIpc) is 2.27. The normalized spacial score (nSPS) is 29.8. The van der Waals surface area contributed by atoms with Crippen LogP contribution < -0.4 is 5.73 Å². The minimum atomic E-state index is -0.0451. The van der Waals surface area contributed by atoms with E-state index in [2.05, 4.69) is 39.6 Å². The highest BCUT2D eigenvalue weighted by atomic mass is 16.5. The Kier molecular flexibility index (Phi) is 5.63. The summed E-state index contributed by atoms with van der Waals surface area (Å²) in [6.45, 7) is 11.2. The van der Waals surface area contributed by atoms with E-state index in [1.807, 2.05) is 0 Å². The first-order valence-corrected chi connectivity index (χ1v) is 7.34. The molecule has 0 aromatic carbocycles. The Balaban J connectivity index is 2.48. The summed E-state index contributed by atoms with van der Waals surface area (Å²) < 4.78 is 5.82. The van der Waals surface area contributed by atoms with Gasteiger partial charge in [-0.05, 0) is 46.6 Å². The molecule has 2 N–H and O–H groups in total. The van der Waals surface area contributed by atoms with Crippen molar-refractivity contribution in [2.24, 2.45) is 11.7 Å². The molecular formula is C15H32N2O. The van der Waals surface area contributed by atoms with Gasteiger partial charge in [-0.2, -0.15) is 0 Å². The molecule has 0 aromatic rings. The van der Waals surface area contributed by atoms with Crippen LogP contribution in [0.2, 0.25) is 0 Å². The first-order chi connectivity index (χ1) is 8.29. The van der Waals surface area contributed by atoms with Crippen LogP contribution in [-0.2, 0) is 4.74 Å². The van der Waals surface area contributed by atoms with Gasteiger partial charge in [-0.1, -0.05) is 19.8 Å².